The van der Waals surface area contributed by atoms with E-state index in [0.29, 0.717) is 22.1 Å². The Morgan fingerprint density at radius 3 is 2.62 bits per heavy atom. The smallest absolute Gasteiger partial charge is 0.324 e. The van der Waals surface area contributed by atoms with Crippen molar-refractivity contribution in [2.24, 2.45) is 7.05 Å². The van der Waals surface area contributed by atoms with Crippen LogP contribution in [0.2, 0.25) is 5.02 Å². The molecule has 3 N–H and O–H groups in total. The molecule has 21 heavy (non-hydrogen) atoms. The average Bonchev–Trinajstić information content (AvgIpc) is 2.85. The second-order valence-corrected chi connectivity index (χ2v) is 4.63. The van der Waals surface area contributed by atoms with Crippen LogP contribution in [0.15, 0.2) is 30.5 Å². The Morgan fingerprint density at radius 2 is 2.00 bits per heavy atom. The first-order chi connectivity index (χ1) is 9.99. The third kappa shape index (κ3) is 3.73. The number of carbonyl (C=O) groups is 2. The largest absolute Gasteiger partial charge is 0.355 e. The zero-order chi connectivity index (χ0) is 15.4. The number of aromatic nitrogens is 2. The van der Waals surface area contributed by atoms with Gasteiger partial charge < -0.3 is 10.6 Å². The Balaban J connectivity index is 2.11. The zero-order valence-electron chi connectivity index (χ0n) is 11.5. The molecule has 0 aliphatic carbocycles. The summed E-state index contributed by atoms with van der Waals surface area (Å²) in [5.74, 6) is 0.147. The van der Waals surface area contributed by atoms with Crippen molar-refractivity contribution in [1.82, 2.24) is 15.1 Å². The fraction of sp³-hybridized carbons (Fsp3) is 0.154. The van der Waals surface area contributed by atoms with Gasteiger partial charge in [0.2, 0.25) is 0 Å². The molecule has 7 nitrogen and oxygen atoms in total. The van der Waals surface area contributed by atoms with E-state index in [9.17, 15) is 9.59 Å². The molecule has 0 aliphatic rings. The molecular weight excluding hydrogens is 294 g/mol. The number of nitrogens with one attached hydrogen (secondary N) is 3. The molecule has 2 aromatic rings. The van der Waals surface area contributed by atoms with Gasteiger partial charge in [-0.15, -0.1) is 0 Å². The summed E-state index contributed by atoms with van der Waals surface area (Å²) in [4.78, 5) is 23.4. The minimum atomic E-state index is -0.496. The number of benzene rings is 1. The highest BCUT2D eigenvalue weighted by Crippen LogP contribution is 2.23. The molecule has 8 heteroatoms. The number of aryl methyl sites for hydroxylation is 1. The van der Waals surface area contributed by atoms with E-state index in [1.54, 1.807) is 36.1 Å². The number of hydrogen-bond acceptors (Lipinski definition) is 3. The first kappa shape index (κ1) is 14.9. The van der Waals surface area contributed by atoms with E-state index in [4.69, 9.17) is 11.6 Å². The molecule has 3 amide bonds. The molecule has 0 atom stereocenters. The van der Waals surface area contributed by atoms with E-state index in [-0.39, 0.29) is 5.91 Å². The first-order valence-electron chi connectivity index (χ1n) is 6.09. The van der Waals surface area contributed by atoms with Crippen molar-refractivity contribution in [2.45, 2.75) is 0 Å². The molecule has 0 saturated carbocycles. The van der Waals surface area contributed by atoms with Crippen LogP contribution >= 0.6 is 11.6 Å². The normalized spacial score (nSPS) is 10.0. The van der Waals surface area contributed by atoms with Gasteiger partial charge in [-0.3, -0.25) is 14.8 Å². The lowest BCUT2D eigenvalue weighted by atomic mass is 10.2. The topological polar surface area (TPSA) is 88.0 Å². The second-order valence-electron chi connectivity index (χ2n) is 4.23. The van der Waals surface area contributed by atoms with Crippen LogP contribution in [0.3, 0.4) is 0 Å². The van der Waals surface area contributed by atoms with Crippen molar-refractivity contribution in [3.63, 3.8) is 0 Å². The Hall–Kier alpha value is -2.54. The summed E-state index contributed by atoms with van der Waals surface area (Å²) in [5.41, 5.74) is 0.737. The molecule has 0 unspecified atom stereocenters. The fourth-order valence-corrected chi connectivity index (χ4v) is 1.82. The summed E-state index contributed by atoms with van der Waals surface area (Å²) < 4.78 is 1.56. The number of hydrogen-bond donors (Lipinski definition) is 3. The van der Waals surface area contributed by atoms with E-state index in [2.05, 4.69) is 21.0 Å². The lowest BCUT2D eigenvalue weighted by molar-refractivity contribution is 0.0963. The molecule has 0 bridgehead atoms. The molecule has 1 heterocycles. The summed E-state index contributed by atoms with van der Waals surface area (Å²) in [6.45, 7) is 0. The van der Waals surface area contributed by atoms with Gasteiger partial charge in [-0.1, -0.05) is 11.6 Å². The van der Waals surface area contributed by atoms with E-state index >= 15 is 0 Å². The van der Waals surface area contributed by atoms with Crippen molar-refractivity contribution in [3.8, 4) is 0 Å². The third-order valence-electron chi connectivity index (χ3n) is 2.66. The minimum absolute atomic E-state index is 0.264. The first-order valence-corrected chi connectivity index (χ1v) is 6.46. The molecule has 0 saturated heterocycles. The average molecular weight is 308 g/mol. The number of halogens is 1. The third-order valence-corrected chi connectivity index (χ3v) is 2.99. The molecule has 110 valence electrons. The Morgan fingerprint density at radius 1 is 1.24 bits per heavy atom. The SMILES string of the molecule is CNC(=O)c1ccc(Cl)c(NC(=O)Nc2ccn(C)n2)c1. The van der Waals surface area contributed by atoms with Gasteiger partial charge in [-0.05, 0) is 18.2 Å². The van der Waals surface area contributed by atoms with Crippen LogP contribution in [-0.4, -0.2) is 28.8 Å². The minimum Gasteiger partial charge on any atom is -0.355 e. The highest BCUT2D eigenvalue weighted by Gasteiger charge is 2.11. The Kier molecular flexibility index (Phi) is 4.44. The van der Waals surface area contributed by atoms with Crippen molar-refractivity contribution < 1.29 is 9.59 Å². The van der Waals surface area contributed by atoms with Crippen LogP contribution in [0, 0.1) is 0 Å². The maximum atomic E-state index is 11.9. The molecule has 0 spiro atoms. The van der Waals surface area contributed by atoms with Gasteiger partial charge in [0.15, 0.2) is 5.82 Å². The quantitative estimate of drug-likeness (QED) is 0.811. The van der Waals surface area contributed by atoms with Crippen LogP contribution in [0.5, 0.6) is 0 Å². The number of rotatable bonds is 3. The second kappa shape index (κ2) is 6.27. The fourth-order valence-electron chi connectivity index (χ4n) is 1.66. The number of carbonyl (C=O) groups excluding carboxylic acids is 2. The maximum Gasteiger partial charge on any atom is 0.324 e. The number of amides is 3. The van der Waals surface area contributed by atoms with Crippen molar-refractivity contribution in [3.05, 3.63) is 41.0 Å². The number of nitrogens with zero attached hydrogens (tertiary/aromatic N) is 2. The van der Waals surface area contributed by atoms with Gasteiger partial charge in [0.25, 0.3) is 5.91 Å². The summed E-state index contributed by atoms with van der Waals surface area (Å²) in [6.07, 6.45) is 1.70. The lowest BCUT2D eigenvalue weighted by Crippen LogP contribution is -2.21. The molecule has 1 aromatic carbocycles. The summed E-state index contributed by atoms with van der Waals surface area (Å²) in [5, 5.41) is 12.0. The van der Waals surface area contributed by atoms with Gasteiger partial charge in [0.05, 0.1) is 10.7 Å². The molecular formula is C13H14ClN5O2. The van der Waals surface area contributed by atoms with Gasteiger partial charge in [-0.2, -0.15) is 5.10 Å². The Labute approximate surface area is 126 Å². The number of anilines is 2. The van der Waals surface area contributed by atoms with Crippen molar-refractivity contribution in [2.75, 3.05) is 17.7 Å². The van der Waals surface area contributed by atoms with Crippen LogP contribution in [0.1, 0.15) is 10.4 Å². The van der Waals surface area contributed by atoms with Gasteiger partial charge in [0.1, 0.15) is 0 Å². The van der Waals surface area contributed by atoms with Crippen molar-refractivity contribution >= 4 is 35.0 Å². The van der Waals surface area contributed by atoms with Crippen molar-refractivity contribution in [1.29, 1.82) is 0 Å². The summed E-state index contributed by atoms with van der Waals surface area (Å²) in [7, 11) is 3.27. The molecule has 0 fully saturated rings. The van der Waals surface area contributed by atoms with E-state index < -0.39 is 6.03 Å². The van der Waals surface area contributed by atoms with E-state index in [1.165, 1.54) is 13.1 Å². The monoisotopic (exact) mass is 307 g/mol. The van der Waals surface area contributed by atoms with Crippen LogP contribution in [-0.2, 0) is 7.05 Å². The molecule has 1 aromatic heterocycles. The highest BCUT2D eigenvalue weighted by molar-refractivity contribution is 6.34. The van der Waals surface area contributed by atoms with Crippen LogP contribution in [0.4, 0.5) is 16.3 Å². The number of urea groups is 1. The molecule has 2 rings (SSSR count). The zero-order valence-corrected chi connectivity index (χ0v) is 12.2. The highest BCUT2D eigenvalue weighted by atomic mass is 35.5. The van der Waals surface area contributed by atoms with E-state index in [0.717, 1.165) is 0 Å². The maximum absolute atomic E-state index is 11.9. The van der Waals surface area contributed by atoms with Gasteiger partial charge >= 0.3 is 6.03 Å². The summed E-state index contributed by atoms with van der Waals surface area (Å²) >= 11 is 6.00. The standard InChI is InChI=1S/C13H14ClN5O2/c1-15-12(20)8-3-4-9(14)10(7-8)16-13(21)17-11-5-6-19(2)18-11/h3-7H,1-2H3,(H,15,20)(H2,16,17,18,21). The predicted octanol–water partition coefficient (Wildman–Crippen LogP) is 2.08. The lowest BCUT2D eigenvalue weighted by Gasteiger charge is -2.09. The molecule has 0 radical (unpaired) electrons. The predicted molar refractivity (Wildman–Crippen MR) is 80.7 cm³/mol. The Bertz CT molecular complexity index is 683. The summed E-state index contributed by atoms with van der Waals surface area (Å²) in [6, 6.07) is 5.77. The van der Waals surface area contributed by atoms with Crippen LogP contribution in [0.25, 0.3) is 0 Å². The van der Waals surface area contributed by atoms with Gasteiger partial charge in [-0.25, -0.2) is 4.79 Å². The van der Waals surface area contributed by atoms with Crippen LogP contribution < -0.4 is 16.0 Å². The van der Waals surface area contributed by atoms with Gasteiger partial charge in [0, 0.05) is 31.9 Å². The van der Waals surface area contributed by atoms with E-state index in [1.807, 2.05) is 0 Å². The molecule has 0 aliphatic heterocycles.